The fraction of sp³-hybridized carbons (Fsp3) is 0.0833. The van der Waals surface area contributed by atoms with E-state index in [0.717, 1.165) is 21.8 Å². The second-order valence-corrected chi connectivity index (χ2v) is 4.50. The van der Waals surface area contributed by atoms with Crippen molar-refractivity contribution in [1.29, 1.82) is 0 Å². The molecule has 2 heterocycles. The second-order valence-electron chi connectivity index (χ2n) is 3.54. The van der Waals surface area contributed by atoms with E-state index in [4.69, 9.17) is 9.84 Å². The number of hydrogen-bond acceptors (Lipinski definition) is 3. The molecule has 1 aromatic heterocycles. The smallest absolute Gasteiger partial charge is 0.337 e. The van der Waals surface area contributed by atoms with Crippen molar-refractivity contribution in [2.24, 2.45) is 0 Å². The summed E-state index contributed by atoms with van der Waals surface area (Å²) in [4.78, 5) is 12.1. The van der Waals surface area contributed by atoms with E-state index in [9.17, 15) is 4.79 Å². The SMILES string of the molecule is O=C(O)c1csc2c1-c1ccccc1OC2. The first-order valence-electron chi connectivity index (χ1n) is 4.83. The van der Waals surface area contributed by atoms with Crippen molar-refractivity contribution in [2.75, 3.05) is 0 Å². The molecule has 0 saturated heterocycles. The van der Waals surface area contributed by atoms with Gasteiger partial charge >= 0.3 is 5.97 Å². The van der Waals surface area contributed by atoms with Crippen LogP contribution in [-0.2, 0) is 6.61 Å². The second kappa shape index (κ2) is 3.35. The third-order valence-corrected chi connectivity index (χ3v) is 3.57. The number of rotatable bonds is 1. The van der Waals surface area contributed by atoms with Gasteiger partial charge in [-0.05, 0) is 6.07 Å². The highest BCUT2D eigenvalue weighted by molar-refractivity contribution is 7.10. The van der Waals surface area contributed by atoms with Crippen LogP contribution in [0.1, 0.15) is 15.2 Å². The predicted octanol–water partition coefficient (Wildman–Crippen LogP) is 3.01. The van der Waals surface area contributed by atoms with Crippen molar-refractivity contribution in [1.82, 2.24) is 0 Å². The van der Waals surface area contributed by atoms with Crippen LogP contribution in [0.3, 0.4) is 0 Å². The molecule has 80 valence electrons. The van der Waals surface area contributed by atoms with Gasteiger partial charge in [0.25, 0.3) is 0 Å². The van der Waals surface area contributed by atoms with Crippen LogP contribution in [0.2, 0.25) is 0 Å². The summed E-state index contributed by atoms with van der Waals surface area (Å²) in [6.45, 7) is 0.463. The Hall–Kier alpha value is -1.81. The van der Waals surface area contributed by atoms with Crippen molar-refractivity contribution < 1.29 is 14.6 Å². The molecule has 1 aromatic carbocycles. The number of fused-ring (bicyclic) bond motifs is 3. The van der Waals surface area contributed by atoms with Gasteiger partial charge in [0.2, 0.25) is 0 Å². The van der Waals surface area contributed by atoms with Gasteiger partial charge < -0.3 is 9.84 Å². The monoisotopic (exact) mass is 232 g/mol. The zero-order valence-corrected chi connectivity index (χ0v) is 9.08. The molecular formula is C12H8O3S. The lowest BCUT2D eigenvalue weighted by Crippen LogP contribution is -2.05. The maximum absolute atomic E-state index is 11.1. The van der Waals surface area contributed by atoms with Crippen molar-refractivity contribution in [3.63, 3.8) is 0 Å². The third kappa shape index (κ3) is 1.23. The van der Waals surface area contributed by atoms with Gasteiger partial charge in [0, 0.05) is 16.5 Å². The summed E-state index contributed by atoms with van der Waals surface area (Å²) in [5.74, 6) is -0.120. The molecule has 0 bridgehead atoms. The molecule has 0 amide bonds. The molecule has 2 aromatic rings. The summed E-state index contributed by atoms with van der Waals surface area (Å²) < 4.78 is 5.56. The third-order valence-electron chi connectivity index (χ3n) is 2.61. The molecule has 0 radical (unpaired) electrons. The number of carbonyl (C=O) groups is 1. The van der Waals surface area contributed by atoms with Crippen LogP contribution in [0, 0.1) is 0 Å². The topological polar surface area (TPSA) is 46.5 Å². The van der Waals surface area contributed by atoms with Crippen molar-refractivity contribution in [2.45, 2.75) is 6.61 Å². The molecule has 0 spiro atoms. The highest BCUT2D eigenvalue weighted by Crippen LogP contribution is 2.42. The van der Waals surface area contributed by atoms with E-state index in [-0.39, 0.29) is 0 Å². The fourth-order valence-corrected chi connectivity index (χ4v) is 2.84. The van der Waals surface area contributed by atoms with Crippen LogP contribution >= 0.6 is 11.3 Å². The minimum Gasteiger partial charge on any atom is -0.487 e. The van der Waals surface area contributed by atoms with Gasteiger partial charge in [-0.3, -0.25) is 0 Å². The molecule has 16 heavy (non-hydrogen) atoms. The number of benzene rings is 1. The first-order valence-corrected chi connectivity index (χ1v) is 5.71. The van der Waals surface area contributed by atoms with Crippen LogP contribution in [-0.4, -0.2) is 11.1 Å². The van der Waals surface area contributed by atoms with Crippen molar-refractivity contribution in [3.05, 3.63) is 40.1 Å². The lowest BCUT2D eigenvalue weighted by molar-refractivity contribution is 0.0698. The van der Waals surface area contributed by atoms with Crippen molar-refractivity contribution in [3.8, 4) is 16.9 Å². The van der Waals surface area contributed by atoms with Crippen LogP contribution < -0.4 is 4.74 Å². The zero-order valence-electron chi connectivity index (χ0n) is 8.27. The molecule has 1 N–H and O–H groups in total. The maximum Gasteiger partial charge on any atom is 0.337 e. The van der Waals surface area contributed by atoms with E-state index >= 15 is 0 Å². The Labute approximate surface area is 95.9 Å². The Balaban J connectivity index is 2.29. The lowest BCUT2D eigenvalue weighted by Gasteiger charge is -2.17. The molecule has 0 fully saturated rings. The van der Waals surface area contributed by atoms with Gasteiger partial charge in [0.1, 0.15) is 12.4 Å². The summed E-state index contributed by atoms with van der Waals surface area (Å²) in [5.41, 5.74) is 2.07. The quantitative estimate of drug-likeness (QED) is 0.822. The minimum absolute atomic E-state index is 0.371. The molecule has 1 aliphatic rings. The molecular weight excluding hydrogens is 224 g/mol. The average molecular weight is 232 g/mol. The highest BCUT2D eigenvalue weighted by Gasteiger charge is 2.24. The van der Waals surface area contributed by atoms with E-state index in [0.29, 0.717) is 12.2 Å². The molecule has 0 unspecified atom stereocenters. The zero-order chi connectivity index (χ0) is 11.1. The summed E-state index contributed by atoms with van der Waals surface area (Å²) in [6.07, 6.45) is 0. The normalized spacial score (nSPS) is 12.5. The van der Waals surface area contributed by atoms with E-state index in [1.807, 2.05) is 24.3 Å². The number of para-hydroxylation sites is 1. The van der Waals surface area contributed by atoms with Gasteiger partial charge in [-0.2, -0.15) is 0 Å². The van der Waals surface area contributed by atoms with Crippen LogP contribution in [0.4, 0.5) is 0 Å². The van der Waals surface area contributed by atoms with Gasteiger partial charge in [-0.15, -0.1) is 11.3 Å². The molecule has 1 aliphatic heterocycles. The molecule has 0 aliphatic carbocycles. The number of carboxylic acid groups (broad SMARTS) is 1. The van der Waals surface area contributed by atoms with Gasteiger partial charge in [0.15, 0.2) is 0 Å². The van der Waals surface area contributed by atoms with Gasteiger partial charge in [-0.25, -0.2) is 4.79 Å². The number of thiophene rings is 1. The Morgan fingerprint density at radius 1 is 1.38 bits per heavy atom. The molecule has 3 nitrogen and oxygen atoms in total. The van der Waals surface area contributed by atoms with E-state index in [2.05, 4.69) is 0 Å². The predicted molar refractivity (Wildman–Crippen MR) is 61.0 cm³/mol. The largest absolute Gasteiger partial charge is 0.487 e. The molecule has 4 heteroatoms. The van der Waals surface area contributed by atoms with Gasteiger partial charge in [-0.1, -0.05) is 18.2 Å². The summed E-state index contributed by atoms with van der Waals surface area (Å²) in [6, 6.07) is 7.53. The lowest BCUT2D eigenvalue weighted by atomic mass is 9.99. The number of ether oxygens (including phenoxy) is 1. The molecule has 3 rings (SSSR count). The summed E-state index contributed by atoms with van der Waals surface area (Å²) in [5, 5.41) is 10.8. The fourth-order valence-electron chi connectivity index (χ4n) is 1.90. The van der Waals surface area contributed by atoms with Gasteiger partial charge in [0.05, 0.1) is 10.4 Å². The standard InChI is InChI=1S/C12H8O3S/c13-12(14)8-6-16-10-5-15-9-4-2-1-3-7(9)11(8)10/h1-4,6H,5H2,(H,13,14). The number of aromatic carboxylic acids is 1. The first-order chi connectivity index (χ1) is 7.77. The van der Waals surface area contributed by atoms with Crippen molar-refractivity contribution >= 4 is 17.3 Å². The first kappa shape index (κ1) is 9.42. The summed E-state index contributed by atoms with van der Waals surface area (Å²) in [7, 11) is 0. The highest BCUT2D eigenvalue weighted by atomic mass is 32.1. The van der Waals surface area contributed by atoms with Crippen LogP contribution in [0.25, 0.3) is 11.1 Å². The van der Waals surface area contributed by atoms with Crippen LogP contribution in [0.5, 0.6) is 5.75 Å². The number of hydrogen-bond donors (Lipinski definition) is 1. The molecule has 0 atom stereocenters. The van der Waals surface area contributed by atoms with E-state index in [1.54, 1.807) is 5.38 Å². The number of carboxylic acids is 1. The summed E-state index contributed by atoms with van der Waals surface area (Å²) >= 11 is 1.44. The molecule has 0 saturated carbocycles. The Kier molecular flexibility index (Phi) is 1.97. The minimum atomic E-state index is -0.880. The Morgan fingerprint density at radius 3 is 3.00 bits per heavy atom. The van der Waals surface area contributed by atoms with E-state index in [1.165, 1.54) is 11.3 Å². The Morgan fingerprint density at radius 2 is 2.19 bits per heavy atom. The maximum atomic E-state index is 11.1. The average Bonchev–Trinajstić information content (AvgIpc) is 2.73. The van der Waals surface area contributed by atoms with Crippen LogP contribution in [0.15, 0.2) is 29.6 Å². The Bertz CT molecular complexity index is 571. The van der Waals surface area contributed by atoms with E-state index < -0.39 is 5.97 Å².